The van der Waals surface area contributed by atoms with E-state index in [2.05, 4.69) is 50.4 Å². The Morgan fingerprint density at radius 1 is 0.455 bits per heavy atom. The molecule has 0 bridgehead atoms. The first-order valence-electron chi connectivity index (χ1n) is 33.3. The number of phosphoric acid groups is 1. The van der Waals surface area contributed by atoms with Gasteiger partial charge in [0.1, 0.15) is 19.3 Å². The van der Waals surface area contributed by atoms with Crippen LogP contribution in [0.15, 0.2) is 36.5 Å². The summed E-state index contributed by atoms with van der Waals surface area (Å²) in [6.45, 7) is 6.85. The fourth-order valence-corrected chi connectivity index (χ4v) is 10.6. The summed E-state index contributed by atoms with van der Waals surface area (Å²) in [5.41, 5.74) is 0. The molecule has 1 amide bonds. The number of rotatable bonds is 61. The fourth-order valence-electron chi connectivity index (χ4n) is 9.91. The van der Waals surface area contributed by atoms with Crippen molar-refractivity contribution < 1.29 is 37.3 Å². The summed E-state index contributed by atoms with van der Waals surface area (Å²) in [5.74, 6) is -0.535. The summed E-state index contributed by atoms with van der Waals surface area (Å²) in [7, 11) is 1.19. The molecule has 0 spiro atoms. The van der Waals surface area contributed by atoms with Crippen LogP contribution < -0.4 is 10.2 Å². The van der Waals surface area contributed by atoms with Crippen LogP contribution in [0.3, 0.4) is 0 Å². The second kappa shape index (κ2) is 57.5. The summed E-state index contributed by atoms with van der Waals surface area (Å²) in [4.78, 5) is 40.0. The van der Waals surface area contributed by atoms with E-state index >= 15 is 0 Å². The average molecular weight is 1110 g/mol. The molecule has 0 aliphatic carbocycles. The molecule has 0 aromatic rings. The van der Waals surface area contributed by atoms with Crippen LogP contribution in [0.4, 0.5) is 0 Å². The number of hydrogen-bond acceptors (Lipinski definition) is 7. The molecule has 0 saturated carbocycles. The maximum atomic E-state index is 13.6. The van der Waals surface area contributed by atoms with Crippen molar-refractivity contribution in [1.29, 1.82) is 0 Å². The summed E-state index contributed by atoms with van der Waals surface area (Å²) < 4.78 is 30.4. The molecule has 0 fully saturated rings. The van der Waals surface area contributed by atoms with Crippen molar-refractivity contribution in [2.45, 2.75) is 341 Å². The average Bonchev–Trinajstić information content (AvgIpc) is 3.39. The Morgan fingerprint density at radius 3 is 1.19 bits per heavy atom. The van der Waals surface area contributed by atoms with E-state index in [4.69, 9.17) is 13.8 Å². The normalized spacial score (nSPS) is 13.8. The van der Waals surface area contributed by atoms with Crippen LogP contribution >= 0.6 is 7.82 Å². The van der Waals surface area contributed by atoms with Crippen molar-refractivity contribution >= 4 is 19.7 Å². The molecule has 3 atom stereocenters. The first-order chi connectivity index (χ1) is 37.4. The van der Waals surface area contributed by atoms with Crippen LogP contribution in [0, 0.1) is 0 Å². The Morgan fingerprint density at radius 2 is 0.792 bits per heavy atom. The first kappa shape index (κ1) is 75.2. The highest BCUT2D eigenvalue weighted by atomic mass is 31.2. The number of unbranched alkanes of at least 4 members (excludes halogenated alkanes) is 41. The van der Waals surface area contributed by atoms with E-state index in [0.717, 1.165) is 77.0 Å². The summed E-state index contributed by atoms with van der Waals surface area (Å²) in [5, 5.41) is 3.04. The van der Waals surface area contributed by atoms with E-state index in [9.17, 15) is 19.0 Å². The van der Waals surface area contributed by atoms with Crippen molar-refractivity contribution in [2.24, 2.45) is 0 Å². The number of nitrogens with one attached hydrogen (secondary N) is 1. The minimum absolute atomic E-state index is 0.0212. The van der Waals surface area contributed by atoms with Crippen molar-refractivity contribution in [3.63, 3.8) is 0 Å². The van der Waals surface area contributed by atoms with Crippen molar-refractivity contribution in [1.82, 2.24) is 5.32 Å². The van der Waals surface area contributed by atoms with Gasteiger partial charge in [0, 0.05) is 12.8 Å². The zero-order valence-corrected chi connectivity index (χ0v) is 52.8. The summed E-state index contributed by atoms with van der Waals surface area (Å²) in [6.07, 6.45) is 69.8. The van der Waals surface area contributed by atoms with Crippen LogP contribution in [0.25, 0.3) is 0 Å². The van der Waals surface area contributed by atoms with Crippen LogP contribution in [0.2, 0.25) is 0 Å². The maximum Gasteiger partial charge on any atom is 0.306 e. The second-order valence-corrected chi connectivity index (χ2v) is 25.4. The van der Waals surface area contributed by atoms with Gasteiger partial charge in [-0.25, -0.2) is 0 Å². The van der Waals surface area contributed by atoms with Crippen molar-refractivity contribution in [3.05, 3.63) is 36.5 Å². The van der Waals surface area contributed by atoms with E-state index in [1.54, 1.807) is 0 Å². The van der Waals surface area contributed by atoms with Crippen LogP contribution in [-0.4, -0.2) is 69.4 Å². The largest absolute Gasteiger partial charge is 0.756 e. The van der Waals surface area contributed by atoms with Crippen LogP contribution in [0.5, 0.6) is 0 Å². The monoisotopic (exact) mass is 1100 g/mol. The molecular weight excluding hydrogens is 976 g/mol. The highest BCUT2D eigenvalue weighted by molar-refractivity contribution is 7.45. The molecule has 454 valence electrons. The molecular formula is C67H129N2O7P. The predicted octanol–water partition coefficient (Wildman–Crippen LogP) is 20.0. The number of ether oxygens (including phenoxy) is 1. The third-order valence-electron chi connectivity index (χ3n) is 15.1. The molecule has 3 unspecified atom stereocenters. The summed E-state index contributed by atoms with van der Waals surface area (Å²) >= 11 is 0. The fraction of sp³-hybridized carbons (Fsp3) is 0.881. The zero-order chi connectivity index (χ0) is 56.4. The smallest absolute Gasteiger partial charge is 0.306 e. The SMILES string of the molecule is CCCCC/C=C\C/C=C\CCCCCCCCCC(=O)OC(/C=C/CCCCCCCCCCC)C(COP(=O)([O-])OCC[N+](C)(C)C)NC(=O)CCCCCCCCCCCCCCCCCCCCCCCCC. The van der Waals surface area contributed by atoms with Crippen molar-refractivity contribution in [2.75, 3.05) is 40.9 Å². The molecule has 0 aromatic carbocycles. The number of carbonyl (C=O) groups excluding carboxylic acids is 2. The highest BCUT2D eigenvalue weighted by Crippen LogP contribution is 2.38. The lowest BCUT2D eigenvalue weighted by Crippen LogP contribution is -2.47. The van der Waals surface area contributed by atoms with E-state index < -0.39 is 20.0 Å². The molecule has 1 N–H and O–H groups in total. The Bertz CT molecular complexity index is 1410. The Labute approximate surface area is 478 Å². The molecule has 0 aromatic heterocycles. The Balaban J connectivity index is 5.07. The molecule has 0 saturated heterocycles. The van der Waals surface area contributed by atoms with Gasteiger partial charge in [0.25, 0.3) is 7.82 Å². The van der Waals surface area contributed by atoms with Gasteiger partial charge in [0.15, 0.2) is 0 Å². The first-order valence-corrected chi connectivity index (χ1v) is 34.8. The lowest BCUT2D eigenvalue weighted by atomic mass is 10.0. The van der Waals surface area contributed by atoms with Gasteiger partial charge >= 0.3 is 5.97 Å². The van der Waals surface area contributed by atoms with Gasteiger partial charge in [-0.1, -0.05) is 289 Å². The number of nitrogens with zero attached hydrogens (tertiary/aromatic N) is 1. The second-order valence-electron chi connectivity index (χ2n) is 24.0. The quantitative estimate of drug-likeness (QED) is 0.0212. The van der Waals surface area contributed by atoms with Gasteiger partial charge in [0.05, 0.1) is 33.8 Å². The lowest BCUT2D eigenvalue weighted by Gasteiger charge is -2.30. The molecule has 0 aliphatic rings. The number of allylic oxidation sites excluding steroid dienone is 5. The molecule has 77 heavy (non-hydrogen) atoms. The maximum absolute atomic E-state index is 13.6. The number of quaternary nitrogens is 1. The van der Waals surface area contributed by atoms with Crippen LogP contribution in [0.1, 0.15) is 329 Å². The molecule has 0 radical (unpaired) electrons. The van der Waals surface area contributed by atoms with Gasteiger partial charge in [-0.3, -0.25) is 14.2 Å². The Hall–Kier alpha value is -1.77. The number of esters is 1. The van der Waals surface area contributed by atoms with E-state index in [1.807, 2.05) is 33.3 Å². The third kappa shape index (κ3) is 58.7. The number of hydrogen-bond donors (Lipinski definition) is 1. The van der Waals surface area contributed by atoms with Gasteiger partial charge in [0.2, 0.25) is 5.91 Å². The number of likely N-dealkylation sites (N-methyl/N-ethyl adjacent to an activating group) is 1. The van der Waals surface area contributed by atoms with Crippen molar-refractivity contribution in [3.8, 4) is 0 Å². The van der Waals surface area contributed by atoms with E-state index in [0.29, 0.717) is 17.4 Å². The highest BCUT2D eigenvalue weighted by Gasteiger charge is 2.27. The predicted molar refractivity (Wildman–Crippen MR) is 330 cm³/mol. The van der Waals surface area contributed by atoms with Gasteiger partial charge in [-0.05, 0) is 63.9 Å². The van der Waals surface area contributed by atoms with Gasteiger partial charge < -0.3 is 28.5 Å². The minimum Gasteiger partial charge on any atom is -0.756 e. The van der Waals surface area contributed by atoms with Gasteiger partial charge in [-0.15, -0.1) is 0 Å². The molecule has 0 heterocycles. The van der Waals surface area contributed by atoms with Gasteiger partial charge in [-0.2, -0.15) is 0 Å². The Kier molecular flexibility index (Phi) is 56.1. The topological polar surface area (TPSA) is 114 Å². The van der Waals surface area contributed by atoms with Crippen LogP contribution in [-0.2, 0) is 27.9 Å². The number of amides is 1. The molecule has 0 aliphatic heterocycles. The lowest BCUT2D eigenvalue weighted by molar-refractivity contribution is -0.870. The molecule has 0 rings (SSSR count). The number of carbonyl (C=O) groups is 2. The van der Waals surface area contributed by atoms with E-state index in [-0.39, 0.29) is 31.5 Å². The molecule has 10 heteroatoms. The summed E-state index contributed by atoms with van der Waals surface area (Å²) in [6, 6.07) is -0.888. The minimum atomic E-state index is -4.70. The third-order valence-corrected chi connectivity index (χ3v) is 16.0. The number of phosphoric ester groups is 1. The molecule has 9 nitrogen and oxygen atoms in total. The zero-order valence-electron chi connectivity index (χ0n) is 51.9. The van der Waals surface area contributed by atoms with E-state index in [1.165, 1.54) is 218 Å². The standard InChI is InChI=1S/C67H129N2O7P/c1-7-10-13-16-19-22-25-27-29-31-32-33-34-35-36-38-39-41-44-47-50-53-56-59-66(70)68-64(63-75-77(72,73)74-62-61-69(4,5)6)65(58-55-52-49-46-43-24-21-18-15-12-9-3)76-67(71)60-57-54-51-48-45-42-40-37-30-28-26-23-20-17-14-11-8-2/h20,23,28,30,55,58,64-65H,7-19,21-22,24-27,29,31-54,56-57,59-63H2,1-6H3,(H-,68,70,72,73)/b23-20-,30-28-,58-55+.